The fourth-order valence-corrected chi connectivity index (χ4v) is 2.40. The Morgan fingerprint density at radius 1 is 1.23 bits per heavy atom. The molecule has 0 saturated carbocycles. The maximum absolute atomic E-state index is 12.4. The number of rotatable bonds is 6. The van der Waals surface area contributed by atoms with Gasteiger partial charge in [0.05, 0.1) is 6.54 Å². The fraction of sp³-hybridized carbons (Fsp3) is 0.167. The van der Waals surface area contributed by atoms with Gasteiger partial charge in [0.2, 0.25) is 5.91 Å². The number of alkyl halides is 2. The first-order chi connectivity index (χ1) is 12.5. The van der Waals surface area contributed by atoms with Gasteiger partial charge in [-0.05, 0) is 24.3 Å². The van der Waals surface area contributed by atoms with Crippen LogP contribution in [0.1, 0.15) is 11.4 Å². The first-order valence-corrected chi connectivity index (χ1v) is 7.80. The smallest absolute Gasteiger partial charge is 0.387 e. The van der Waals surface area contributed by atoms with Crippen LogP contribution < -0.4 is 4.74 Å². The summed E-state index contributed by atoms with van der Waals surface area (Å²) in [5.41, 5.74) is 1.08. The van der Waals surface area contributed by atoms with Crippen LogP contribution in [-0.4, -0.2) is 39.1 Å². The van der Waals surface area contributed by atoms with Crippen molar-refractivity contribution in [2.45, 2.75) is 13.2 Å². The van der Waals surface area contributed by atoms with E-state index in [0.717, 1.165) is 0 Å². The molecule has 8 heteroatoms. The topological polar surface area (TPSA) is 59.7 Å². The highest BCUT2D eigenvalue weighted by Crippen LogP contribution is 2.21. The highest BCUT2D eigenvalue weighted by Gasteiger charge is 2.12. The largest absolute Gasteiger partial charge is 0.434 e. The van der Waals surface area contributed by atoms with Crippen molar-refractivity contribution in [2.75, 3.05) is 7.05 Å². The molecule has 0 radical (unpaired) electrons. The van der Waals surface area contributed by atoms with Crippen molar-refractivity contribution < 1.29 is 18.3 Å². The van der Waals surface area contributed by atoms with Gasteiger partial charge in [-0.3, -0.25) is 9.20 Å². The standard InChI is InChI=1S/C18H16F2N4O2/c1-23(12-16-22-21-15-8-4-5-11-24(15)16)17(25)10-9-13-6-2-3-7-14(13)26-18(19)20/h2-11,18H,12H2,1H3/b10-9-. The van der Waals surface area contributed by atoms with Gasteiger partial charge < -0.3 is 9.64 Å². The highest BCUT2D eigenvalue weighted by molar-refractivity contribution is 5.91. The van der Waals surface area contributed by atoms with Crippen molar-refractivity contribution >= 4 is 17.6 Å². The molecule has 0 fully saturated rings. The lowest BCUT2D eigenvalue weighted by molar-refractivity contribution is -0.125. The lowest BCUT2D eigenvalue weighted by atomic mass is 10.2. The lowest BCUT2D eigenvalue weighted by Crippen LogP contribution is -2.25. The Balaban J connectivity index is 1.71. The van der Waals surface area contributed by atoms with Crippen molar-refractivity contribution in [3.63, 3.8) is 0 Å². The summed E-state index contributed by atoms with van der Waals surface area (Å²) in [6.45, 7) is -2.67. The monoisotopic (exact) mass is 358 g/mol. The van der Waals surface area contributed by atoms with Crippen molar-refractivity contribution in [1.29, 1.82) is 0 Å². The molecule has 0 saturated heterocycles. The molecule has 0 unspecified atom stereocenters. The van der Waals surface area contributed by atoms with Gasteiger partial charge in [0.25, 0.3) is 0 Å². The number of hydrogen-bond donors (Lipinski definition) is 0. The molecule has 134 valence electrons. The maximum Gasteiger partial charge on any atom is 0.387 e. The second-order valence-corrected chi connectivity index (χ2v) is 5.49. The average molecular weight is 358 g/mol. The molecule has 2 heterocycles. The molecule has 1 aromatic carbocycles. The van der Waals surface area contributed by atoms with Gasteiger partial charge in [-0.2, -0.15) is 8.78 Å². The number of carbonyl (C=O) groups excluding carboxylic acids is 1. The summed E-state index contributed by atoms with van der Waals surface area (Å²) in [5.74, 6) is 0.327. The minimum Gasteiger partial charge on any atom is -0.434 e. The molecule has 0 N–H and O–H groups in total. The van der Waals surface area contributed by atoms with Gasteiger partial charge in [-0.15, -0.1) is 10.2 Å². The van der Waals surface area contributed by atoms with Crippen LogP contribution in [0.2, 0.25) is 0 Å². The van der Waals surface area contributed by atoms with Crippen LogP contribution in [0.3, 0.4) is 0 Å². The Kier molecular flexibility index (Phi) is 5.21. The zero-order valence-corrected chi connectivity index (χ0v) is 13.9. The molecule has 0 atom stereocenters. The van der Waals surface area contributed by atoms with Gasteiger partial charge >= 0.3 is 6.61 Å². The van der Waals surface area contributed by atoms with E-state index in [1.165, 1.54) is 23.1 Å². The second-order valence-electron chi connectivity index (χ2n) is 5.49. The Bertz CT molecular complexity index is 940. The summed E-state index contributed by atoms with van der Waals surface area (Å²) in [6, 6.07) is 11.8. The lowest BCUT2D eigenvalue weighted by Gasteiger charge is -2.14. The molecule has 0 bridgehead atoms. The predicted octanol–water partition coefficient (Wildman–Crippen LogP) is 3.00. The van der Waals surface area contributed by atoms with Gasteiger partial charge in [0.1, 0.15) is 5.75 Å². The fourth-order valence-electron chi connectivity index (χ4n) is 2.40. The molecule has 2 aromatic heterocycles. The predicted molar refractivity (Wildman–Crippen MR) is 91.6 cm³/mol. The Hall–Kier alpha value is -3.29. The number of aromatic nitrogens is 3. The molecule has 1 amide bonds. The number of benzene rings is 1. The van der Waals surface area contributed by atoms with Gasteiger partial charge in [0, 0.05) is 24.9 Å². The molecule has 0 aliphatic carbocycles. The number of hydrogen-bond acceptors (Lipinski definition) is 4. The molecule has 3 aromatic rings. The first-order valence-electron chi connectivity index (χ1n) is 7.80. The van der Waals surface area contributed by atoms with E-state index in [0.29, 0.717) is 17.0 Å². The maximum atomic E-state index is 12.4. The summed E-state index contributed by atoms with van der Waals surface area (Å²) in [6.07, 6.45) is 4.56. The molecule has 0 aliphatic heterocycles. The number of fused-ring (bicyclic) bond motifs is 1. The van der Waals surface area contributed by atoms with E-state index in [-0.39, 0.29) is 18.2 Å². The van der Waals surface area contributed by atoms with E-state index < -0.39 is 6.61 Å². The summed E-state index contributed by atoms with van der Waals surface area (Å²) < 4.78 is 31.1. The van der Waals surface area contributed by atoms with E-state index in [2.05, 4.69) is 14.9 Å². The van der Waals surface area contributed by atoms with E-state index in [9.17, 15) is 13.6 Å². The Morgan fingerprint density at radius 3 is 2.81 bits per heavy atom. The second kappa shape index (κ2) is 7.73. The minimum atomic E-state index is -2.93. The molecule has 3 rings (SSSR count). The van der Waals surface area contributed by atoms with Gasteiger partial charge in [0.15, 0.2) is 11.5 Å². The van der Waals surface area contributed by atoms with Crippen LogP contribution in [0.25, 0.3) is 11.7 Å². The van der Waals surface area contributed by atoms with E-state index in [4.69, 9.17) is 0 Å². The zero-order chi connectivity index (χ0) is 18.5. The van der Waals surface area contributed by atoms with Crippen LogP contribution in [0.5, 0.6) is 5.75 Å². The van der Waals surface area contributed by atoms with Crippen LogP contribution >= 0.6 is 0 Å². The number of carbonyl (C=O) groups is 1. The third kappa shape index (κ3) is 4.02. The number of halogens is 2. The SMILES string of the molecule is CN(Cc1nnc2ccccn12)C(=O)/C=C\c1ccccc1OC(F)F. The zero-order valence-electron chi connectivity index (χ0n) is 13.9. The van der Waals surface area contributed by atoms with Gasteiger partial charge in [-0.1, -0.05) is 24.3 Å². The molecular formula is C18H16F2N4O2. The van der Waals surface area contributed by atoms with E-state index in [1.807, 2.05) is 24.4 Å². The Morgan fingerprint density at radius 2 is 2.00 bits per heavy atom. The third-order valence-corrected chi connectivity index (χ3v) is 3.68. The highest BCUT2D eigenvalue weighted by atomic mass is 19.3. The van der Waals surface area contributed by atoms with Gasteiger partial charge in [-0.25, -0.2) is 0 Å². The molecule has 6 nitrogen and oxygen atoms in total. The molecular weight excluding hydrogens is 342 g/mol. The number of amides is 1. The number of ether oxygens (including phenoxy) is 1. The number of nitrogens with zero attached hydrogens (tertiary/aromatic N) is 4. The average Bonchev–Trinajstić information content (AvgIpc) is 3.03. The van der Waals surface area contributed by atoms with Crippen LogP contribution in [0.4, 0.5) is 8.78 Å². The number of likely N-dealkylation sites (N-methyl/N-ethyl adjacent to an activating group) is 1. The third-order valence-electron chi connectivity index (χ3n) is 3.68. The number of pyridine rings is 1. The first kappa shape index (κ1) is 17.5. The van der Waals surface area contributed by atoms with E-state index in [1.54, 1.807) is 29.6 Å². The van der Waals surface area contributed by atoms with Crippen LogP contribution in [0, 0.1) is 0 Å². The van der Waals surface area contributed by atoms with Crippen LogP contribution in [-0.2, 0) is 11.3 Å². The van der Waals surface area contributed by atoms with Crippen LogP contribution in [0.15, 0.2) is 54.7 Å². The normalized spacial score (nSPS) is 11.4. The molecule has 26 heavy (non-hydrogen) atoms. The van der Waals surface area contributed by atoms with E-state index >= 15 is 0 Å². The minimum absolute atomic E-state index is 0.0117. The Labute approximate surface area is 148 Å². The summed E-state index contributed by atoms with van der Waals surface area (Å²) >= 11 is 0. The summed E-state index contributed by atoms with van der Waals surface area (Å²) in [7, 11) is 1.62. The van der Waals surface area contributed by atoms with Crippen molar-refractivity contribution in [3.8, 4) is 5.75 Å². The molecule has 0 aliphatic rings. The van der Waals surface area contributed by atoms with Crippen molar-refractivity contribution in [2.24, 2.45) is 0 Å². The molecule has 0 spiro atoms. The summed E-state index contributed by atoms with van der Waals surface area (Å²) in [5, 5.41) is 8.11. The quantitative estimate of drug-likeness (QED) is 0.636. The number of para-hydroxylation sites is 1. The van der Waals surface area contributed by atoms with Crippen molar-refractivity contribution in [1.82, 2.24) is 19.5 Å². The summed E-state index contributed by atoms with van der Waals surface area (Å²) in [4.78, 5) is 13.8. The van der Waals surface area contributed by atoms with Crippen molar-refractivity contribution in [3.05, 3.63) is 66.1 Å².